The van der Waals surface area contributed by atoms with Gasteiger partial charge in [0.2, 0.25) is 0 Å². The van der Waals surface area contributed by atoms with Gasteiger partial charge in [0.15, 0.2) is 11.6 Å². The van der Waals surface area contributed by atoms with Gasteiger partial charge in [-0.05, 0) is 50.3 Å². The minimum Gasteiger partial charge on any atom is -0.490 e. The van der Waals surface area contributed by atoms with Gasteiger partial charge in [-0.3, -0.25) is 0 Å². The van der Waals surface area contributed by atoms with Gasteiger partial charge in [0, 0.05) is 6.61 Å². The normalized spacial score (nSPS) is 18.7. The zero-order valence-electron chi connectivity index (χ0n) is 11.2. The van der Waals surface area contributed by atoms with E-state index in [-0.39, 0.29) is 5.82 Å². The van der Waals surface area contributed by atoms with Crippen molar-refractivity contribution >= 4 is 0 Å². The molecule has 1 aromatic rings. The molecule has 2 rings (SSSR count). The van der Waals surface area contributed by atoms with Crippen molar-refractivity contribution in [2.24, 2.45) is 5.73 Å². The van der Waals surface area contributed by atoms with Gasteiger partial charge < -0.3 is 15.2 Å². The Balaban J connectivity index is 1.80. The average Bonchev–Trinajstić information content (AvgIpc) is 2.90. The minimum atomic E-state index is -0.303. The standard InChI is InChI=1S/C15H22FNO2/c16-14-7-1-4-12(8-9-17)15(14)19-11-3-6-13-5-2-10-18-13/h1,4,7,13H,2-3,5-6,8-11,17H2. The maximum Gasteiger partial charge on any atom is 0.165 e. The summed E-state index contributed by atoms with van der Waals surface area (Å²) < 4.78 is 24.9. The van der Waals surface area contributed by atoms with Gasteiger partial charge in [0.1, 0.15) is 0 Å². The van der Waals surface area contributed by atoms with Crippen LogP contribution in [0.2, 0.25) is 0 Å². The largest absolute Gasteiger partial charge is 0.490 e. The van der Waals surface area contributed by atoms with E-state index in [2.05, 4.69) is 0 Å². The molecule has 0 aliphatic carbocycles. The number of ether oxygens (including phenoxy) is 2. The maximum absolute atomic E-state index is 13.7. The van der Waals surface area contributed by atoms with Crippen LogP contribution in [-0.2, 0) is 11.2 Å². The lowest BCUT2D eigenvalue weighted by Crippen LogP contribution is -2.10. The third-order valence-electron chi connectivity index (χ3n) is 3.40. The van der Waals surface area contributed by atoms with E-state index in [0.717, 1.165) is 37.9 Å². The van der Waals surface area contributed by atoms with E-state index < -0.39 is 0 Å². The van der Waals surface area contributed by atoms with Crippen LogP contribution in [0.15, 0.2) is 18.2 Å². The van der Waals surface area contributed by atoms with Crippen LogP contribution in [0.3, 0.4) is 0 Å². The molecule has 106 valence electrons. The number of hydrogen-bond acceptors (Lipinski definition) is 3. The Morgan fingerprint density at radius 3 is 3.05 bits per heavy atom. The third kappa shape index (κ3) is 4.18. The Labute approximate surface area is 113 Å². The SMILES string of the molecule is NCCc1cccc(F)c1OCCCC1CCCO1. The number of para-hydroxylation sites is 1. The summed E-state index contributed by atoms with van der Waals surface area (Å²) in [5, 5.41) is 0. The molecule has 0 radical (unpaired) electrons. The molecular weight excluding hydrogens is 245 g/mol. The van der Waals surface area contributed by atoms with Crippen LogP contribution in [0.25, 0.3) is 0 Å². The van der Waals surface area contributed by atoms with E-state index >= 15 is 0 Å². The zero-order valence-corrected chi connectivity index (χ0v) is 11.2. The third-order valence-corrected chi connectivity index (χ3v) is 3.40. The zero-order chi connectivity index (χ0) is 13.5. The molecule has 1 saturated heterocycles. The molecule has 1 aliphatic rings. The van der Waals surface area contributed by atoms with Crippen molar-refractivity contribution in [2.45, 2.75) is 38.2 Å². The van der Waals surface area contributed by atoms with E-state index in [1.54, 1.807) is 6.07 Å². The van der Waals surface area contributed by atoms with Crippen molar-refractivity contribution < 1.29 is 13.9 Å². The highest BCUT2D eigenvalue weighted by molar-refractivity contribution is 5.35. The molecule has 0 bridgehead atoms. The minimum absolute atomic E-state index is 0.303. The molecule has 1 heterocycles. The van der Waals surface area contributed by atoms with Gasteiger partial charge in [-0.2, -0.15) is 0 Å². The van der Waals surface area contributed by atoms with Gasteiger partial charge in [-0.15, -0.1) is 0 Å². The Morgan fingerprint density at radius 2 is 2.32 bits per heavy atom. The number of halogens is 1. The van der Waals surface area contributed by atoms with E-state index in [1.807, 2.05) is 6.07 Å². The van der Waals surface area contributed by atoms with Crippen LogP contribution in [-0.4, -0.2) is 25.9 Å². The smallest absolute Gasteiger partial charge is 0.165 e. The lowest BCUT2D eigenvalue weighted by atomic mass is 10.1. The summed E-state index contributed by atoms with van der Waals surface area (Å²) >= 11 is 0. The van der Waals surface area contributed by atoms with Crippen LogP contribution < -0.4 is 10.5 Å². The summed E-state index contributed by atoms with van der Waals surface area (Å²) in [5.41, 5.74) is 6.37. The highest BCUT2D eigenvalue weighted by Gasteiger charge is 2.15. The van der Waals surface area contributed by atoms with Gasteiger partial charge in [-0.25, -0.2) is 4.39 Å². The van der Waals surface area contributed by atoms with Crippen molar-refractivity contribution in [1.82, 2.24) is 0 Å². The first kappa shape index (κ1) is 14.3. The monoisotopic (exact) mass is 267 g/mol. The van der Waals surface area contributed by atoms with Crippen LogP contribution in [0.4, 0.5) is 4.39 Å². The van der Waals surface area contributed by atoms with Gasteiger partial charge in [0.05, 0.1) is 12.7 Å². The quantitative estimate of drug-likeness (QED) is 0.772. The molecule has 0 amide bonds. The second kappa shape index (κ2) is 7.46. The number of hydrogen-bond donors (Lipinski definition) is 1. The molecule has 1 aromatic carbocycles. The van der Waals surface area contributed by atoms with Crippen molar-refractivity contribution in [3.8, 4) is 5.75 Å². The lowest BCUT2D eigenvalue weighted by molar-refractivity contribution is 0.0979. The van der Waals surface area contributed by atoms with E-state index in [9.17, 15) is 4.39 Å². The molecule has 3 nitrogen and oxygen atoms in total. The average molecular weight is 267 g/mol. The topological polar surface area (TPSA) is 44.5 Å². The summed E-state index contributed by atoms with van der Waals surface area (Å²) in [6, 6.07) is 4.99. The van der Waals surface area contributed by atoms with Gasteiger partial charge in [-0.1, -0.05) is 12.1 Å². The molecule has 0 saturated carbocycles. The Morgan fingerprint density at radius 1 is 1.42 bits per heavy atom. The van der Waals surface area contributed by atoms with E-state index in [0.29, 0.717) is 31.4 Å². The Bertz CT molecular complexity index is 392. The molecule has 1 atom stereocenters. The fourth-order valence-corrected chi connectivity index (χ4v) is 2.42. The molecule has 0 aromatic heterocycles. The molecule has 19 heavy (non-hydrogen) atoms. The van der Waals surface area contributed by atoms with Crippen molar-refractivity contribution in [2.75, 3.05) is 19.8 Å². The summed E-state index contributed by atoms with van der Waals surface area (Å²) in [4.78, 5) is 0. The predicted octanol–water partition coefficient (Wildman–Crippen LogP) is 2.66. The van der Waals surface area contributed by atoms with Crippen molar-refractivity contribution in [1.29, 1.82) is 0 Å². The Hall–Kier alpha value is -1.13. The number of rotatable bonds is 7. The molecule has 2 N–H and O–H groups in total. The number of benzene rings is 1. The Kier molecular flexibility index (Phi) is 5.61. The molecule has 0 spiro atoms. The lowest BCUT2D eigenvalue weighted by Gasteiger charge is -2.13. The first-order valence-corrected chi connectivity index (χ1v) is 7.03. The molecular formula is C15H22FNO2. The highest BCUT2D eigenvalue weighted by atomic mass is 19.1. The fraction of sp³-hybridized carbons (Fsp3) is 0.600. The summed E-state index contributed by atoms with van der Waals surface area (Å²) in [7, 11) is 0. The van der Waals surface area contributed by atoms with Crippen LogP contribution in [0.5, 0.6) is 5.75 Å². The second-order valence-electron chi connectivity index (χ2n) is 4.89. The predicted molar refractivity (Wildman–Crippen MR) is 72.9 cm³/mol. The summed E-state index contributed by atoms with van der Waals surface area (Å²) in [5.74, 6) is 0.0587. The maximum atomic E-state index is 13.7. The molecule has 1 fully saturated rings. The molecule has 4 heteroatoms. The van der Waals surface area contributed by atoms with Crippen LogP contribution >= 0.6 is 0 Å². The van der Waals surface area contributed by atoms with Crippen molar-refractivity contribution in [3.05, 3.63) is 29.6 Å². The highest BCUT2D eigenvalue weighted by Crippen LogP contribution is 2.24. The first-order valence-electron chi connectivity index (χ1n) is 7.03. The van der Waals surface area contributed by atoms with E-state index in [1.165, 1.54) is 6.07 Å². The summed E-state index contributed by atoms with van der Waals surface area (Å²) in [6.45, 7) is 1.90. The van der Waals surface area contributed by atoms with E-state index in [4.69, 9.17) is 15.2 Å². The second-order valence-corrected chi connectivity index (χ2v) is 4.89. The number of nitrogens with two attached hydrogens (primary N) is 1. The van der Waals surface area contributed by atoms with Crippen LogP contribution in [0.1, 0.15) is 31.2 Å². The fourth-order valence-electron chi connectivity index (χ4n) is 2.42. The molecule has 1 aliphatic heterocycles. The van der Waals surface area contributed by atoms with Crippen LogP contribution in [0, 0.1) is 5.82 Å². The van der Waals surface area contributed by atoms with Crippen molar-refractivity contribution in [3.63, 3.8) is 0 Å². The first-order chi connectivity index (χ1) is 9.31. The van der Waals surface area contributed by atoms with Gasteiger partial charge >= 0.3 is 0 Å². The summed E-state index contributed by atoms with van der Waals surface area (Å²) in [6.07, 6.45) is 5.17. The molecule has 1 unspecified atom stereocenters. The van der Waals surface area contributed by atoms with Gasteiger partial charge in [0.25, 0.3) is 0 Å².